The van der Waals surface area contributed by atoms with E-state index in [2.05, 4.69) is 25.9 Å². The summed E-state index contributed by atoms with van der Waals surface area (Å²) in [6, 6.07) is 17.8. The van der Waals surface area contributed by atoms with Gasteiger partial charge in [-0.15, -0.1) is 0 Å². The molecular weight excluding hydrogens is 611 g/mol. The molecule has 4 rings (SSSR count). The maximum atomic E-state index is 10.6. The first-order valence-electron chi connectivity index (χ1n) is 12.1. The van der Waals surface area contributed by atoms with Gasteiger partial charge in [-0.2, -0.15) is 10.5 Å². The van der Waals surface area contributed by atoms with Gasteiger partial charge in [0.25, 0.3) is 0 Å². The van der Waals surface area contributed by atoms with Gasteiger partial charge in [0.15, 0.2) is 16.1 Å². The lowest BCUT2D eigenvalue weighted by atomic mass is 9.80. The Kier molecular flexibility index (Phi) is 18.7. The summed E-state index contributed by atoms with van der Waals surface area (Å²) in [6.07, 6.45) is 4.98. The summed E-state index contributed by atoms with van der Waals surface area (Å²) in [5, 5.41) is 34.7. The zero-order chi connectivity index (χ0) is 29.8. The second-order valence-corrected chi connectivity index (χ2v) is 9.68. The topological polar surface area (TPSA) is 158 Å². The smallest absolute Gasteiger partial charge is 0.423 e. The standard InChI is InChI=1S/C14H13N3O.C7H7BO3.C7H8BrN3.3CH4/c1-10(2)17-8-13(7-15)16-14(17)12-5-3-11(9-18)4-6-12;9-5-6-1-3-7(4-2-6)8(10)11;1-5(2)11-4-6(3-9)10-7(11)8;;;/h3-6,8-10H,1-2H3;1-5,10-11H;4-5H,1-2H3;3*1H4. The third-order valence-corrected chi connectivity index (χ3v) is 6.02. The molecule has 4 aromatic rings. The molecule has 2 heterocycles. The van der Waals surface area contributed by atoms with Gasteiger partial charge in [0.1, 0.15) is 30.5 Å². The lowest BCUT2D eigenvalue weighted by Crippen LogP contribution is -2.29. The van der Waals surface area contributed by atoms with Crippen LogP contribution >= 0.6 is 15.9 Å². The Morgan fingerprint density at radius 2 is 1.19 bits per heavy atom. The Bertz CT molecular complexity index is 1500. The van der Waals surface area contributed by atoms with Crippen molar-refractivity contribution in [2.24, 2.45) is 0 Å². The van der Waals surface area contributed by atoms with Crippen molar-refractivity contribution in [2.75, 3.05) is 0 Å². The van der Waals surface area contributed by atoms with E-state index in [-0.39, 0.29) is 28.3 Å². The highest BCUT2D eigenvalue weighted by molar-refractivity contribution is 9.10. The molecule has 2 aromatic heterocycles. The third-order valence-electron chi connectivity index (χ3n) is 5.44. The predicted molar refractivity (Wildman–Crippen MR) is 175 cm³/mol. The largest absolute Gasteiger partial charge is 0.488 e. The molecule has 0 aliphatic heterocycles. The first-order valence-corrected chi connectivity index (χ1v) is 12.9. The number of benzene rings is 2. The first kappa shape index (κ1) is 40.8. The lowest BCUT2D eigenvalue weighted by molar-refractivity contribution is 0.111. The minimum Gasteiger partial charge on any atom is -0.423 e. The molecule has 0 fully saturated rings. The molecule has 2 N–H and O–H groups in total. The Hall–Kier alpha value is -4.36. The van der Waals surface area contributed by atoms with Crippen LogP contribution in [0.3, 0.4) is 0 Å². The Morgan fingerprint density at radius 1 is 0.767 bits per heavy atom. The van der Waals surface area contributed by atoms with Gasteiger partial charge in [-0.3, -0.25) is 9.59 Å². The highest BCUT2D eigenvalue weighted by Gasteiger charge is 2.12. The predicted octanol–water partition coefficient (Wildman–Crippen LogP) is 6.00. The average molecular weight is 651 g/mol. The summed E-state index contributed by atoms with van der Waals surface area (Å²) in [5.74, 6) is 0.749. The van der Waals surface area contributed by atoms with Crippen LogP contribution in [0.1, 0.15) is 94.2 Å². The van der Waals surface area contributed by atoms with Crippen molar-refractivity contribution in [1.82, 2.24) is 19.1 Å². The molecule has 0 unspecified atom stereocenters. The number of carbonyl (C=O) groups is 2. The van der Waals surface area contributed by atoms with E-state index in [1.807, 2.05) is 61.1 Å². The molecule has 12 heteroatoms. The molecule has 0 amide bonds. The normalized spacial score (nSPS) is 9.28. The van der Waals surface area contributed by atoms with Gasteiger partial charge in [0.2, 0.25) is 0 Å². The van der Waals surface area contributed by atoms with Gasteiger partial charge in [-0.1, -0.05) is 70.8 Å². The molecule has 43 heavy (non-hydrogen) atoms. The number of halogens is 1. The van der Waals surface area contributed by atoms with Gasteiger partial charge in [0.05, 0.1) is 0 Å². The quantitative estimate of drug-likeness (QED) is 0.190. The van der Waals surface area contributed by atoms with Gasteiger partial charge in [-0.25, -0.2) is 9.97 Å². The summed E-state index contributed by atoms with van der Waals surface area (Å²) in [6.45, 7) is 8.14. The molecule has 0 aliphatic carbocycles. The summed E-state index contributed by atoms with van der Waals surface area (Å²) in [5.41, 5.74) is 3.28. The van der Waals surface area contributed by atoms with Gasteiger partial charge < -0.3 is 19.2 Å². The van der Waals surface area contributed by atoms with Crippen molar-refractivity contribution in [3.63, 3.8) is 0 Å². The van der Waals surface area contributed by atoms with Crippen molar-refractivity contribution < 1.29 is 19.6 Å². The van der Waals surface area contributed by atoms with E-state index >= 15 is 0 Å². The zero-order valence-electron chi connectivity index (χ0n) is 22.4. The number of carbonyl (C=O) groups excluding carboxylic acids is 2. The molecule has 2 aromatic carbocycles. The molecule has 0 spiro atoms. The van der Waals surface area contributed by atoms with E-state index in [0.717, 1.165) is 17.7 Å². The zero-order valence-corrected chi connectivity index (χ0v) is 24.0. The van der Waals surface area contributed by atoms with Crippen LogP contribution in [0.25, 0.3) is 11.4 Å². The SMILES string of the molecule is C.C.C.CC(C)n1cc(C#N)nc1-c1ccc(C=O)cc1.CC(C)n1cc(C#N)nc1Br.O=Cc1ccc(B(O)O)cc1. The summed E-state index contributed by atoms with van der Waals surface area (Å²) >= 11 is 3.26. The summed E-state index contributed by atoms with van der Waals surface area (Å²) in [4.78, 5) is 29.0. The summed E-state index contributed by atoms with van der Waals surface area (Å²) in [7, 11) is -1.46. The van der Waals surface area contributed by atoms with Crippen LogP contribution in [0.2, 0.25) is 0 Å². The molecule has 0 bridgehead atoms. The van der Waals surface area contributed by atoms with Crippen LogP contribution in [0.15, 0.2) is 65.7 Å². The Morgan fingerprint density at radius 3 is 1.53 bits per heavy atom. The van der Waals surface area contributed by atoms with Crippen LogP contribution in [0.5, 0.6) is 0 Å². The van der Waals surface area contributed by atoms with Crippen molar-refractivity contribution >= 4 is 41.1 Å². The van der Waals surface area contributed by atoms with Crippen LogP contribution in [-0.2, 0) is 0 Å². The summed E-state index contributed by atoms with van der Waals surface area (Å²) < 4.78 is 4.57. The number of aldehydes is 2. The molecule has 0 atom stereocenters. The molecule has 0 saturated heterocycles. The van der Waals surface area contributed by atoms with E-state index in [4.69, 9.17) is 20.6 Å². The number of nitrogens with zero attached hydrogens (tertiary/aromatic N) is 6. The number of nitriles is 2. The van der Waals surface area contributed by atoms with E-state index < -0.39 is 7.12 Å². The highest BCUT2D eigenvalue weighted by atomic mass is 79.9. The molecule has 0 radical (unpaired) electrons. The number of hydrogen-bond acceptors (Lipinski definition) is 8. The van der Waals surface area contributed by atoms with Crippen molar-refractivity contribution in [3.8, 4) is 23.5 Å². The van der Waals surface area contributed by atoms with E-state index in [0.29, 0.717) is 45.0 Å². The van der Waals surface area contributed by atoms with E-state index in [9.17, 15) is 9.59 Å². The fourth-order valence-electron chi connectivity index (χ4n) is 3.30. The molecule has 0 aliphatic rings. The second-order valence-electron chi connectivity index (χ2n) is 8.97. The second kappa shape index (κ2) is 19.7. The fraction of sp³-hybridized carbons (Fsp3) is 0.290. The van der Waals surface area contributed by atoms with Crippen molar-refractivity contribution in [3.05, 3.63) is 88.2 Å². The third kappa shape index (κ3) is 11.8. The van der Waals surface area contributed by atoms with Crippen LogP contribution in [0, 0.1) is 22.7 Å². The fourth-order valence-corrected chi connectivity index (χ4v) is 4.00. The lowest BCUT2D eigenvalue weighted by Gasteiger charge is -2.11. The first-order chi connectivity index (χ1) is 19.0. The number of rotatable bonds is 6. The molecule has 0 saturated carbocycles. The Labute approximate surface area is 263 Å². The maximum Gasteiger partial charge on any atom is 0.488 e. The maximum absolute atomic E-state index is 10.6. The molecular formula is C31H40BBrN6O4. The number of aromatic nitrogens is 4. The van der Waals surface area contributed by atoms with Crippen LogP contribution in [-0.4, -0.2) is 48.8 Å². The number of hydrogen-bond donors (Lipinski definition) is 2. The van der Waals surface area contributed by atoms with Crippen molar-refractivity contribution in [2.45, 2.75) is 62.1 Å². The monoisotopic (exact) mass is 650 g/mol. The highest BCUT2D eigenvalue weighted by Crippen LogP contribution is 2.22. The minimum absolute atomic E-state index is 0. The average Bonchev–Trinajstić information content (AvgIpc) is 3.57. The van der Waals surface area contributed by atoms with E-state index in [1.165, 1.54) is 24.3 Å². The van der Waals surface area contributed by atoms with Gasteiger partial charge in [-0.05, 0) is 49.1 Å². The van der Waals surface area contributed by atoms with E-state index in [1.54, 1.807) is 24.5 Å². The Balaban J connectivity index is 0. The van der Waals surface area contributed by atoms with Gasteiger partial charge >= 0.3 is 7.12 Å². The van der Waals surface area contributed by atoms with Crippen LogP contribution < -0.4 is 5.46 Å². The van der Waals surface area contributed by atoms with Crippen LogP contribution in [0.4, 0.5) is 0 Å². The minimum atomic E-state index is -1.46. The number of imidazole rings is 2. The molecule has 228 valence electrons. The van der Waals surface area contributed by atoms with Crippen molar-refractivity contribution in [1.29, 1.82) is 10.5 Å². The van der Waals surface area contributed by atoms with Gasteiger partial charge in [0, 0.05) is 41.2 Å². The molecule has 10 nitrogen and oxygen atoms in total.